The first-order valence-corrected chi connectivity index (χ1v) is 8.08. The van der Waals surface area contributed by atoms with Gasteiger partial charge in [0.15, 0.2) is 0 Å². The molecule has 0 saturated carbocycles. The second kappa shape index (κ2) is 6.63. The first kappa shape index (κ1) is 18.0. The number of alkyl halides is 1. The molecule has 1 heterocycles. The number of benzene rings is 1. The number of halogens is 1. The zero-order valence-electron chi connectivity index (χ0n) is 12.9. The van der Waals surface area contributed by atoms with Gasteiger partial charge in [0.2, 0.25) is 5.67 Å². The number of aliphatic carboxylic acids is 1. The second-order valence-corrected chi connectivity index (χ2v) is 6.08. The van der Waals surface area contributed by atoms with Gasteiger partial charge in [0.25, 0.3) is 11.6 Å². The zero-order valence-corrected chi connectivity index (χ0v) is 13.8. The van der Waals surface area contributed by atoms with Crippen molar-refractivity contribution in [3.05, 3.63) is 27.8 Å². The molecule has 1 aliphatic heterocycles. The lowest BCUT2D eigenvalue weighted by Gasteiger charge is -2.18. The minimum Gasteiger partial charge on any atom is -0.495 e. The molecule has 0 aromatic heterocycles. The first-order chi connectivity index (χ1) is 11.2. The minimum atomic E-state index is -2.53. The number of carbonyl (C=O) groups excluding carboxylic acids is 1. The van der Waals surface area contributed by atoms with Gasteiger partial charge in [-0.1, -0.05) is 0 Å². The zero-order chi connectivity index (χ0) is 18.1. The predicted octanol–water partition coefficient (Wildman–Crippen LogP) is 1.96. The van der Waals surface area contributed by atoms with Crippen LogP contribution in [-0.2, 0) is 4.79 Å². The lowest BCUT2D eigenvalue weighted by molar-refractivity contribution is -0.385. The van der Waals surface area contributed by atoms with Crippen LogP contribution in [-0.4, -0.2) is 58.9 Å². The van der Waals surface area contributed by atoms with Crippen LogP contribution >= 0.6 is 11.8 Å². The third kappa shape index (κ3) is 3.14. The summed E-state index contributed by atoms with van der Waals surface area (Å²) in [5.41, 5.74) is -3.22. The molecule has 1 amide bonds. The number of nitro groups is 1. The average Bonchev–Trinajstić information content (AvgIpc) is 2.96. The highest BCUT2D eigenvalue weighted by Gasteiger charge is 2.47. The fraction of sp³-hybridized carbons (Fsp3) is 0.429. The summed E-state index contributed by atoms with van der Waals surface area (Å²) in [5, 5.41) is 20.1. The average molecular weight is 358 g/mol. The molecule has 2 rings (SSSR count). The number of hydrogen-bond donors (Lipinski definition) is 1. The van der Waals surface area contributed by atoms with Crippen LogP contribution in [0.4, 0.5) is 10.1 Å². The molecule has 1 unspecified atom stereocenters. The van der Waals surface area contributed by atoms with E-state index in [4.69, 9.17) is 9.84 Å². The van der Waals surface area contributed by atoms with Crippen molar-refractivity contribution < 1.29 is 28.7 Å². The smallest absolute Gasteiger partial charge is 0.343 e. The Morgan fingerprint density at radius 2 is 2.17 bits per heavy atom. The number of thioether (sulfide) groups is 1. The van der Waals surface area contributed by atoms with Crippen LogP contribution in [0, 0.1) is 10.1 Å². The second-order valence-electron chi connectivity index (χ2n) is 5.23. The minimum absolute atomic E-state index is 0.126. The molecule has 0 aliphatic carbocycles. The van der Waals surface area contributed by atoms with E-state index in [1.54, 1.807) is 6.26 Å². The molecule has 1 aromatic rings. The van der Waals surface area contributed by atoms with Gasteiger partial charge < -0.3 is 14.7 Å². The molecule has 0 bridgehead atoms. The summed E-state index contributed by atoms with van der Waals surface area (Å²) in [6.07, 6.45) is 1.36. The fourth-order valence-corrected chi connectivity index (χ4v) is 3.06. The number of carboxylic acid groups (broad SMARTS) is 1. The van der Waals surface area contributed by atoms with Gasteiger partial charge in [-0.3, -0.25) is 14.9 Å². The number of nitrogens with zero attached hydrogens (tertiary/aromatic N) is 2. The lowest BCUT2D eigenvalue weighted by Crippen LogP contribution is -2.39. The van der Waals surface area contributed by atoms with E-state index in [1.165, 1.54) is 24.9 Å². The number of carbonyl (C=O) groups is 2. The van der Waals surface area contributed by atoms with Crippen molar-refractivity contribution >= 4 is 29.3 Å². The molecule has 1 aromatic carbocycles. The predicted molar refractivity (Wildman–Crippen MR) is 83.4 cm³/mol. The first-order valence-electron chi connectivity index (χ1n) is 6.85. The number of nitro benzene ring substituents is 1. The van der Waals surface area contributed by atoms with E-state index in [2.05, 4.69) is 0 Å². The van der Waals surface area contributed by atoms with Crippen LogP contribution < -0.4 is 4.74 Å². The van der Waals surface area contributed by atoms with E-state index >= 15 is 0 Å². The Morgan fingerprint density at radius 3 is 2.62 bits per heavy atom. The number of hydrogen-bond acceptors (Lipinski definition) is 6. The largest absolute Gasteiger partial charge is 0.495 e. The maximum atomic E-state index is 14.1. The van der Waals surface area contributed by atoms with E-state index in [0.29, 0.717) is 4.90 Å². The molecule has 10 heteroatoms. The van der Waals surface area contributed by atoms with Gasteiger partial charge in [0.05, 0.1) is 29.5 Å². The molecule has 1 aliphatic rings. The third-order valence-corrected chi connectivity index (χ3v) is 4.58. The lowest BCUT2D eigenvalue weighted by atomic mass is 10.1. The maximum Gasteiger partial charge on any atom is 0.343 e. The van der Waals surface area contributed by atoms with Crippen molar-refractivity contribution in [1.29, 1.82) is 0 Å². The van der Waals surface area contributed by atoms with Gasteiger partial charge in [-0.25, -0.2) is 9.18 Å². The number of carboxylic acids is 1. The van der Waals surface area contributed by atoms with Crippen LogP contribution in [0.1, 0.15) is 16.8 Å². The standard InChI is InChI=1S/C14H15FN2O6S/c1-23-10-6-9(17(21)22)8(5-11(10)24-2)12(18)16-4-3-14(15,7-16)13(19)20/h5-6H,3-4,7H2,1-2H3,(H,19,20). The number of amides is 1. The molecular formula is C14H15FN2O6S. The monoisotopic (exact) mass is 358 g/mol. The summed E-state index contributed by atoms with van der Waals surface area (Å²) in [7, 11) is 1.35. The molecule has 0 spiro atoms. The molecule has 24 heavy (non-hydrogen) atoms. The topological polar surface area (TPSA) is 110 Å². The van der Waals surface area contributed by atoms with Crippen molar-refractivity contribution in [2.75, 3.05) is 26.5 Å². The van der Waals surface area contributed by atoms with Gasteiger partial charge in [-0.2, -0.15) is 0 Å². The van der Waals surface area contributed by atoms with E-state index in [1.807, 2.05) is 0 Å². The Morgan fingerprint density at radius 1 is 1.50 bits per heavy atom. The molecule has 1 atom stereocenters. The molecule has 130 valence electrons. The van der Waals surface area contributed by atoms with Gasteiger partial charge in [-0.15, -0.1) is 11.8 Å². The van der Waals surface area contributed by atoms with Crippen molar-refractivity contribution in [3.63, 3.8) is 0 Å². The van der Waals surface area contributed by atoms with Crippen molar-refractivity contribution in [2.24, 2.45) is 0 Å². The quantitative estimate of drug-likeness (QED) is 0.487. The van der Waals surface area contributed by atoms with Gasteiger partial charge >= 0.3 is 5.97 Å². The Bertz CT molecular complexity index is 713. The van der Waals surface area contributed by atoms with Crippen LogP contribution in [0.5, 0.6) is 5.75 Å². The van der Waals surface area contributed by atoms with Gasteiger partial charge in [0.1, 0.15) is 11.3 Å². The summed E-state index contributed by atoms with van der Waals surface area (Å²) in [6.45, 7) is -0.766. The number of methoxy groups -OCH3 is 1. The maximum absolute atomic E-state index is 14.1. The van der Waals surface area contributed by atoms with Crippen molar-refractivity contribution in [1.82, 2.24) is 4.90 Å². The molecule has 1 fully saturated rings. The molecule has 1 saturated heterocycles. The molecule has 0 radical (unpaired) electrons. The highest BCUT2D eigenvalue weighted by Crippen LogP contribution is 2.36. The van der Waals surface area contributed by atoms with Gasteiger partial charge in [0, 0.05) is 13.0 Å². The van der Waals surface area contributed by atoms with E-state index in [-0.39, 0.29) is 24.3 Å². The third-order valence-electron chi connectivity index (χ3n) is 3.82. The summed E-state index contributed by atoms with van der Waals surface area (Å²) in [5.74, 6) is -2.18. The Balaban J connectivity index is 2.42. The van der Waals surface area contributed by atoms with Crippen molar-refractivity contribution in [2.45, 2.75) is 17.0 Å². The number of likely N-dealkylation sites (tertiary alicyclic amines) is 1. The summed E-state index contributed by atoms with van der Waals surface area (Å²) in [6, 6.07) is 2.44. The molecule has 8 nitrogen and oxygen atoms in total. The van der Waals surface area contributed by atoms with Gasteiger partial charge in [-0.05, 0) is 12.3 Å². The highest BCUT2D eigenvalue weighted by atomic mass is 32.2. The summed E-state index contributed by atoms with van der Waals surface area (Å²) < 4.78 is 19.2. The fourth-order valence-electron chi connectivity index (χ4n) is 2.48. The van der Waals surface area contributed by atoms with Crippen LogP contribution in [0.2, 0.25) is 0 Å². The Kier molecular flexibility index (Phi) is 4.97. The van der Waals surface area contributed by atoms with E-state index < -0.39 is 34.7 Å². The molecular weight excluding hydrogens is 343 g/mol. The van der Waals surface area contributed by atoms with Crippen LogP contribution in [0.15, 0.2) is 17.0 Å². The normalized spacial score (nSPS) is 20.0. The molecule has 1 N–H and O–H groups in total. The van der Waals surface area contributed by atoms with E-state index in [9.17, 15) is 24.1 Å². The van der Waals surface area contributed by atoms with Crippen LogP contribution in [0.3, 0.4) is 0 Å². The van der Waals surface area contributed by atoms with Crippen molar-refractivity contribution in [3.8, 4) is 5.75 Å². The summed E-state index contributed by atoms with van der Waals surface area (Å²) in [4.78, 5) is 35.5. The Hall–Kier alpha value is -2.36. The highest BCUT2D eigenvalue weighted by molar-refractivity contribution is 7.98. The van der Waals surface area contributed by atoms with Crippen LogP contribution in [0.25, 0.3) is 0 Å². The number of rotatable bonds is 5. The summed E-state index contributed by atoms with van der Waals surface area (Å²) >= 11 is 1.23. The Labute approximate surface area is 140 Å². The van der Waals surface area contributed by atoms with E-state index in [0.717, 1.165) is 11.0 Å². The SMILES string of the molecule is COc1cc([N+](=O)[O-])c(C(=O)N2CCC(F)(C(=O)O)C2)cc1SC. The number of ether oxygens (including phenoxy) is 1.